The summed E-state index contributed by atoms with van der Waals surface area (Å²) in [7, 11) is 0. The molecular formula is C16H22N4O2S. The van der Waals surface area contributed by atoms with E-state index in [9.17, 15) is 9.59 Å². The highest BCUT2D eigenvalue weighted by Gasteiger charge is 2.29. The quantitative estimate of drug-likeness (QED) is 0.788. The van der Waals surface area contributed by atoms with E-state index in [0.717, 1.165) is 39.3 Å². The fourth-order valence-electron chi connectivity index (χ4n) is 2.71. The molecule has 0 radical (unpaired) electrons. The van der Waals surface area contributed by atoms with Crippen molar-refractivity contribution in [3.8, 4) is 0 Å². The molecule has 0 saturated heterocycles. The number of fused-ring (bicyclic) bond motifs is 1. The minimum Gasteiger partial charge on any atom is -0.355 e. The van der Waals surface area contributed by atoms with E-state index in [1.165, 1.54) is 6.92 Å². The zero-order valence-electron chi connectivity index (χ0n) is 13.7. The molecule has 0 unspecified atom stereocenters. The van der Waals surface area contributed by atoms with Crippen LogP contribution in [0.1, 0.15) is 42.1 Å². The fourth-order valence-corrected chi connectivity index (χ4v) is 3.75. The number of hydrogen-bond acceptors (Lipinski definition) is 5. The van der Waals surface area contributed by atoms with Crippen LogP contribution in [-0.2, 0) is 11.3 Å². The second-order valence-corrected chi connectivity index (χ2v) is 7.26. The Labute approximate surface area is 138 Å². The SMILES string of the molecule is CC(=O)NCCNCc1nc2sc(C)c(C)c2c(=O)n1C1CC1. The highest BCUT2D eigenvalue weighted by atomic mass is 32.1. The zero-order valence-corrected chi connectivity index (χ0v) is 14.5. The van der Waals surface area contributed by atoms with Gasteiger partial charge in [0.2, 0.25) is 5.91 Å². The van der Waals surface area contributed by atoms with Crippen molar-refractivity contribution in [3.63, 3.8) is 0 Å². The van der Waals surface area contributed by atoms with E-state index in [1.54, 1.807) is 11.3 Å². The summed E-state index contributed by atoms with van der Waals surface area (Å²) in [6, 6.07) is 0.297. The summed E-state index contributed by atoms with van der Waals surface area (Å²) in [5.41, 5.74) is 1.15. The molecule has 2 aromatic heterocycles. The van der Waals surface area contributed by atoms with E-state index in [-0.39, 0.29) is 11.5 Å². The Morgan fingerprint density at radius 1 is 1.35 bits per heavy atom. The number of thiophene rings is 1. The Bertz CT molecular complexity index is 804. The summed E-state index contributed by atoms with van der Waals surface area (Å²) in [6.45, 7) is 7.30. The van der Waals surface area contributed by atoms with Crippen molar-refractivity contribution in [2.24, 2.45) is 0 Å². The lowest BCUT2D eigenvalue weighted by atomic mass is 10.2. The van der Waals surface area contributed by atoms with Crippen molar-refractivity contribution in [1.29, 1.82) is 0 Å². The van der Waals surface area contributed by atoms with E-state index < -0.39 is 0 Å². The second kappa shape index (κ2) is 6.41. The molecule has 1 aliphatic carbocycles. The predicted octanol–water partition coefficient (Wildman–Crippen LogP) is 1.64. The van der Waals surface area contributed by atoms with Crippen molar-refractivity contribution in [2.75, 3.05) is 13.1 Å². The first kappa shape index (κ1) is 16.1. The van der Waals surface area contributed by atoms with Gasteiger partial charge in [0.1, 0.15) is 10.7 Å². The van der Waals surface area contributed by atoms with Gasteiger partial charge in [0.05, 0.1) is 11.9 Å². The lowest BCUT2D eigenvalue weighted by Crippen LogP contribution is -2.32. The summed E-state index contributed by atoms with van der Waals surface area (Å²) < 4.78 is 1.87. The Kier molecular flexibility index (Phi) is 4.50. The molecule has 1 saturated carbocycles. The average molecular weight is 334 g/mol. The van der Waals surface area contributed by atoms with Crippen molar-refractivity contribution >= 4 is 27.5 Å². The van der Waals surface area contributed by atoms with Gasteiger partial charge in [-0.25, -0.2) is 4.98 Å². The van der Waals surface area contributed by atoms with Crippen molar-refractivity contribution in [2.45, 2.75) is 46.2 Å². The Balaban J connectivity index is 1.85. The lowest BCUT2D eigenvalue weighted by molar-refractivity contribution is -0.118. The molecule has 3 rings (SSSR count). The molecule has 1 amide bonds. The van der Waals surface area contributed by atoms with E-state index in [1.807, 2.05) is 18.4 Å². The van der Waals surface area contributed by atoms with Crippen LogP contribution >= 0.6 is 11.3 Å². The molecule has 124 valence electrons. The lowest BCUT2D eigenvalue weighted by Gasteiger charge is -2.12. The monoisotopic (exact) mass is 334 g/mol. The minimum atomic E-state index is -0.0363. The molecule has 0 aliphatic heterocycles. The number of rotatable bonds is 6. The molecular weight excluding hydrogens is 312 g/mol. The van der Waals surface area contributed by atoms with Gasteiger partial charge in [-0.05, 0) is 32.3 Å². The molecule has 0 aromatic carbocycles. The van der Waals surface area contributed by atoms with Crippen LogP contribution in [0, 0.1) is 13.8 Å². The van der Waals surface area contributed by atoms with Crippen LogP contribution in [0.25, 0.3) is 10.2 Å². The standard InChI is InChI=1S/C16H22N4O2S/c1-9-10(2)23-15-14(9)16(22)20(12-4-5-12)13(19-15)8-17-6-7-18-11(3)21/h12,17H,4-8H2,1-3H3,(H,18,21). The number of nitrogens with one attached hydrogen (secondary N) is 2. The smallest absolute Gasteiger partial charge is 0.262 e. The molecule has 2 N–H and O–H groups in total. The maximum absolute atomic E-state index is 12.9. The second-order valence-electron chi connectivity index (χ2n) is 6.06. The molecule has 7 heteroatoms. The molecule has 1 fully saturated rings. The molecule has 1 aliphatic rings. The van der Waals surface area contributed by atoms with Gasteiger partial charge < -0.3 is 10.6 Å². The first-order valence-corrected chi connectivity index (χ1v) is 8.77. The molecule has 6 nitrogen and oxygen atoms in total. The number of aromatic nitrogens is 2. The van der Waals surface area contributed by atoms with Crippen LogP contribution in [0.15, 0.2) is 4.79 Å². The average Bonchev–Trinajstić information content (AvgIpc) is 3.26. The van der Waals surface area contributed by atoms with Gasteiger partial charge in [0, 0.05) is 30.9 Å². The van der Waals surface area contributed by atoms with Crippen LogP contribution in [-0.4, -0.2) is 28.5 Å². The zero-order chi connectivity index (χ0) is 16.6. The van der Waals surface area contributed by atoms with Crippen LogP contribution in [0.3, 0.4) is 0 Å². The summed E-state index contributed by atoms with van der Waals surface area (Å²) in [6.07, 6.45) is 2.10. The molecule has 0 spiro atoms. The maximum Gasteiger partial charge on any atom is 0.262 e. The summed E-state index contributed by atoms with van der Waals surface area (Å²) in [4.78, 5) is 30.5. The number of nitrogens with zero attached hydrogens (tertiary/aromatic N) is 2. The van der Waals surface area contributed by atoms with Gasteiger partial charge in [0.15, 0.2) is 0 Å². The number of amides is 1. The van der Waals surface area contributed by atoms with Crippen LogP contribution in [0.2, 0.25) is 0 Å². The van der Waals surface area contributed by atoms with Gasteiger partial charge in [0.25, 0.3) is 5.56 Å². The van der Waals surface area contributed by atoms with E-state index in [2.05, 4.69) is 10.6 Å². The third-order valence-electron chi connectivity index (χ3n) is 4.18. The van der Waals surface area contributed by atoms with E-state index in [0.29, 0.717) is 25.7 Å². The number of carbonyl (C=O) groups excluding carboxylic acids is 1. The van der Waals surface area contributed by atoms with E-state index >= 15 is 0 Å². The van der Waals surface area contributed by atoms with Gasteiger partial charge in [-0.2, -0.15) is 0 Å². The third-order valence-corrected chi connectivity index (χ3v) is 5.28. The number of hydrogen-bond donors (Lipinski definition) is 2. The van der Waals surface area contributed by atoms with Gasteiger partial charge >= 0.3 is 0 Å². The Hall–Kier alpha value is -1.73. The summed E-state index contributed by atoms with van der Waals surface area (Å²) in [5.74, 6) is 0.764. The highest BCUT2D eigenvalue weighted by Crippen LogP contribution is 2.36. The van der Waals surface area contributed by atoms with Gasteiger partial charge in [-0.3, -0.25) is 14.2 Å². The summed E-state index contributed by atoms with van der Waals surface area (Å²) in [5, 5.41) is 6.79. The molecule has 2 aromatic rings. The molecule has 0 bridgehead atoms. The fraction of sp³-hybridized carbons (Fsp3) is 0.562. The van der Waals surface area contributed by atoms with Crippen LogP contribution in [0.4, 0.5) is 0 Å². The first-order valence-electron chi connectivity index (χ1n) is 7.95. The summed E-state index contributed by atoms with van der Waals surface area (Å²) >= 11 is 1.59. The first-order chi connectivity index (χ1) is 11.0. The largest absolute Gasteiger partial charge is 0.355 e. The van der Waals surface area contributed by atoms with E-state index in [4.69, 9.17) is 4.98 Å². The van der Waals surface area contributed by atoms with Gasteiger partial charge in [-0.1, -0.05) is 0 Å². The maximum atomic E-state index is 12.9. The van der Waals surface area contributed by atoms with Crippen molar-refractivity contribution in [1.82, 2.24) is 20.2 Å². The Morgan fingerprint density at radius 2 is 2.09 bits per heavy atom. The molecule has 23 heavy (non-hydrogen) atoms. The molecule has 0 atom stereocenters. The normalized spacial score (nSPS) is 14.4. The molecule has 2 heterocycles. The Morgan fingerprint density at radius 3 is 2.74 bits per heavy atom. The topological polar surface area (TPSA) is 76.0 Å². The van der Waals surface area contributed by atoms with Gasteiger partial charge in [-0.15, -0.1) is 11.3 Å². The number of carbonyl (C=O) groups is 1. The van der Waals surface area contributed by atoms with Crippen molar-refractivity contribution < 1.29 is 4.79 Å². The van der Waals surface area contributed by atoms with Crippen molar-refractivity contribution in [3.05, 3.63) is 26.6 Å². The predicted molar refractivity (Wildman–Crippen MR) is 92.0 cm³/mol. The third kappa shape index (κ3) is 3.30. The van der Waals surface area contributed by atoms with Crippen LogP contribution < -0.4 is 16.2 Å². The van der Waals surface area contributed by atoms with Crippen LogP contribution in [0.5, 0.6) is 0 Å². The number of aryl methyl sites for hydroxylation is 2. The highest BCUT2D eigenvalue weighted by molar-refractivity contribution is 7.18. The minimum absolute atomic E-state index is 0.0363.